The number of pyridine rings is 1. The zero-order valence-corrected chi connectivity index (χ0v) is 12.7. The Morgan fingerprint density at radius 1 is 1.38 bits per heavy atom. The van der Waals surface area contributed by atoms with Crippen LogP contribution in [0.2, 0.25) is 0 Å². The largest absolute Gasteiger partial charge is 0.493 e. The Kier molecular flexibility index (Phi) is 5.95. The molecule has 0 aliphatic carbocycles. The molecule has 0 atom stereocenters. The van der Waals surface area contributed by atoms with Crippen LogP contribution in [0.15, 0.2) is 12.3 Å². The lowest BCUT2D eigenvalue weighted by atomic mass is 10.2. The first-order valence-corrected chi connectivity index (χ1v) is 7.35. The van der Waals surface area contributed by atoms with Gasteiger partial charge in [-0.15, -0.1) is 0 Å². The minimum absolute atomic E-state index is 0.170. The van der Waals surface area contributed by atoms with Gasteiger partial charge in [-0.3, -0.25) is 15.2 Å². The summed E-state index contributed by atoms with van der Waals surface area (Å²) in [7, 11) is 1.67. The van der Waals surface area contributed by atoms with Gasteiger partial charge in [0.1, 0.15) is 11.4 Å². The van der Waals surface area contributed by atoms with Crippen molar-refractivity contribution in [1.29, 1.82) is 0 Å². The van der Waals surface area contributed by atoms with Gasteiger partial charge in [0.25, 0.3) is 5.91 Å². The van der Waals surface area contributed by atoms with Crippen molar-refractivity contribution >= 4 is 5.91 Å². The lowest BCUT2D eigenvalue weighted by Crippen LogP contribution is -2.40. The second-order valence-electron chi connectivity index (χ2n) is 5.11. The monoisotopic (exact) mass is 293 g/mol. The zero-order chi connectivity index (χ0) is 15.1. The number of hydrogen-bond acceptors (Lipinski definition) is 5. The molecule has 1 N–H and O–H groups in total. The Bertz CT molecular complexity index is 473. The molecule has 116 valence electrons. The number of hydrogen-bond donors (Lipinski definition) is 1. The molecule has 1 aromatic rings. The molecule has 0 aromatic carbocycles. The maximum atomic E-state index is 12.3. The number of ether oxygens (including phenoxy) is 2. The molecule has 21 heavy (non-hydrogen) atoms. The zero-order valence-electron chi connectivity index (χ0n) is 12.7. The molecular weight excluding hydrogens is 270 g/mol. The normalized spacial score (nSPS) is 15.1. The van der Waals surface area contributed by atoms with Crippen molar-refractivity contribution in [2.24, 2.45) is 0 Å². The second-order valence-corrected chi connectivity index (χ2v) is 5.11. The lowest BCUT2D eigenvalue weighted by Gasteiger charge is -2.17. The van der Waals surface area contributed by atoms with E-state index in [0.717, 1.165) is 37.9 Å². The van der Waals surface area contributed by atoms with E-state index in [1.54, 1.807) is 19.4 Å². The van der Waals surface area contributed by atoms with Crippen molar-refractivity contribution in [3.05, 3.63) is 23.5 Å². The van der Waals surface area contributed by atoms with E-state index in [9.17, 15) is 4.79 Å². The molecule has 2 heterocycles. The van der Waals surface area contributed by atoms with E-state index < -0.39 is 0 Å². The van der Waals surface area contributed by atoms with Crippen molar-refractivity contribution in [3.63, 3.8) is 0 Å². The molecule has 0 unspecified atom stereocenters. The SMILES string of the molecule is COCCCOc1ccnc(C(=O)NN2CCCC2)c1C. The Balaban J connectivity index is 1.97. The Hall–Kier alpha value is -1.66. The van der Waals surface area contributed by atoms with Crippen LogP contribution >= 0.6 is 0 Å². The standard InChI is InChI=1S/C15H23N3O3/c1-12-13(21-11-5-10-20-2)6-7-16-14(12)15(19)17-18-8-3-4-9-18/h6-7H,3-5,8-11H2,1-2H3,(H,17,19). The number of aromatic nitrogens is 1. The Morgan fingerprint density at radius 2 is 2.14 bits per heavy atom. The minimum Gasteiger partial charge on any atom is -0.493 e. The van der Waals surface area contributed by atoms with Crippen LogP contribution in [0.25, 0.3) is 0 Å². The molecule has 0 bridgehead atoms. The van der Waals surface area contributed by atoms with Crippen molar-refractivity contribution < 1.29 is 14.3 Å². The number of nitrogens with one attached hydrogen (secondary N) is 1. The number of amides is 1. The van der Waals surface area contributed by atoms with Crippen molar-refractivity contribution in [1.82, 2.24) is 15.4 Å². The van der Waals surface area contributed by atoms with E-state index in [-0.39, 0.29) is 5.91 Å². The Morgan fingerprint density at radius 3 is 2.86 bits per heavy atom. The van der Waals surface area contributed by atoms with E-state index in [1.165, 1.54) is 0 Å². The van der Waals surface area contributed by atoms with Gasteiger partial charge in [0.2, 0.25) is 0 Å². The highest BCUT2D eigenvalue weighted by Gasteiger charge is 2.19. The van der Waals surface area contributed by atoms with Gasteiger partial charge in [-0.25, -0.2) is 5.01 Å². The van der Waals surface area contributed by atoms with Crippen LogP contribution in [-0.4, -0.2) is 49.3 Å². The molecule has 6 heteroatoms. The molecule has 0 saturated carbocycles. The summed E-state index contributed by atoms with van der Waals surface area (Å²) in [5.41, 5.74) is 4.09. The number of carbonyl (C=O) groups is 1. The van der Waals surface area contributed by atoms with Crippen molar-refractivity contribution in [2.45, 2.75) is 26.2 Å². The molecule has 1 fully saturated rings. The van der Waals surface area contributed by atoms with Crippen molar-refractivity contribution in [2.75, 3.05) is 33.4 Å². The first-order chi connectivity index (χ1) is 10.2. The average molecular weight is 293 g/mol. The van der Waals surface area contributed by atoms with E-state index >= 15 is 0 Å². The van der Waals surface area contributed by atoms with Crippen LogP contribution in [0, 0.1) is 6.92 Å². The van der Waals surface area contributed by atoms with Gasteiger partial charge in [-0.05, 0) is 25.8 Å². The van der Waals surface area contributed by atoms with Gasteiger partial charge in [-0.2, -0.15) is 0 Å². The molecule has 1 aliphatic rings. The summed E-state index contributed by atoms with van der Waals surface area (Å²) >= 11 is 0. The predicted octanol–water partition coefficient (Wildman–Crippen LogP) is 1.55. The number of hydrazine groups is 1. The summed E-state index contributed by atoms with van der Waals surface area (Å²) in [6.45, 7) is 4.88. The number of rotatable bonds is 7. The topological polar surface area (TPSA) is 63.7 Å². The van der Waals surface area contributed by atoms with Crippen molar-refractivity contribution in [3.8, 4) is 5.75 Å². The first-order valence-electron chi connectivity index (χ1n) is 7.35. The van der Waals surface area contributed by atoms with Gasteiger partial charge in [-0.1, -0.05) is 0 Å². The summed E-state index contributed by atoms with van der Waals surface area (Å²) in [5.74, 6) is 0.532. The molecule has 1 aliphatic heterocycles. The maximum absolute atomic E-state index is 12.3. The average Bonchev–Trinajstić information content (AvgIpc) is 2.98. The second kappa shape index (κ2) is 7.95. The number of nitrogens with zero attached hydrogens (tertiary/aromatic N) is 2. The first kappa shape index (κ1) is 15.7. The van der Waals surface area contributed by atoms with Gasteiger partial charge in [0, 0.05) is 45.0 Å². The van der Waals surface area contributed by atoms with Crippen LogP contribution in [0.3, 0.4) is 0 Å². The molecule has 2 rings (SSSR count). The van der Waals surface area contributed by atoms with Gasteiger partial charge in [0.15, 0.2) is 0 Å². The predicted molar refractivity (Wildman–Crippen MR) is 79.2 cm³/mol. The third-order valence-corrected chi connectivity index (χ3v) is 3.49. The molecule has 0 spiro atoms. The third-order valence-electron chi connectivity index (χ3n) is 3.49. The van der Waals surface area contributed by atoms with Gasteiger partial charge in [0.05, 0.1) is 6.61 Å². The molecule has 1 amide bonds. The summed E-state index contributed by atoms with van der Waals surface area (Å²) in [5, 5.41) is 1.94. The van der Waals surface area contributed by atoms with Crippen LogP contribution in [0.5, 0.6) is 5.75 Å². The lowest BCUT2D eigenvalue weighted by molar-refractivity contribution is 0.0819. The molecule has 1 aromatic heterocycles. The molecule has 1 saturated heterocycles. The van der Waals surface area contributed by atoms with E-state index in [4.69, 9.17) is 9.47 Å². The van der Waals surface area contributed by atoms with Gasteiger partial charge < -0.3 is 9.47 Å². The number of methoxy groups -OCH3 is 1. The van der Waals surface area contributed by atoms with E-state index in [2.05, 4.69) is 10.4 Å². The number of carbonyl (C=O) groups excluding carboxylic acids is 1. The highest BCUT2D eigenvalue weighted by atomic mass is 16.5. The molecular formula is C15H23N3O3. The molecule has 6 nitrogen and oxygen atoms in total. The van der Waals surface area contributed by atoms with Crippen LogP contribution < -0.4 is 10.2 Å². The van der Waals surface area contributed by atoms with E-state index in [0.29, 0.717) is 24.7 Å². The third kappa shape index (κ3) is 4.41. The fraction of sp³-hybridized carbons (Fsp3) is 0.600. The fourth-order valence-electron chi connectivity index (χ4n) is 2.31. The minimum atomic E-state index is -0.170. The summed E-state index contributed by atoms with van der Waals surface area (Å²) in [6.07, 6.45) is 4.66. The smallest absolute Gasteiger partial charge is 0.284 e. The summed E-state index contributed by atoms with van der Waals surface area (Å²) in [4.78, 5) is 16.4. The highest BCUT2D eigenvalue weighted by Crippen LogP contribution is 2.20. The summed E-state index contributed by atoms with van der Waals surface area (Å²) < 4.78 is 10.7. The molecule has 0 radical (unpaired) electrons. The fourth-order valence-corrected chi connectivity index (χ4v) is 2.31. The van der Waals surface area contributed by atoms with Crippen LogP contribution in [0.1, 0.15) is 35.3 Å². The highest BCUT2D eigenvalue weighted by molar-refractivity contribution is 5.93. The maximum Gasteiger partial charge on any atom is 0.284 e. The van der Waals surface area contributed by atoms with E-state index in [1.807, 2.05) is 11.9 Å². The quantitative estimate of drug-likeness (QED) is 0.773. The van der Waals surface area contributed by atoms with Gasteiger partial charge >= 0.3 is 0 Å². The van der Waals surface area contributed by atoms with Crippen LogP contribution in [0.4, 0.5) is 0 Å². The Labute approximate surface area is 125 Å². The summed E-state index contributed by atoms with van der Waals surface area (Å²) in [6, 6.07) is 1.79. The van der Waals surface area contributed by atoms with Crippen LogP contribution in [-0.2, 0) is 4.74 Å².